The van der Waals surface area contributed by atoms with Gasteiger partial charge in [0.1, 0.15) is 13.1 Å². The van der Waals surface area contributed by atoms with Gasteiger partial charge in [0.15, 0.2) is 0 Å². The van der Waals surface area contributed by atoms with E-state index in [4.69, 9.17) is 4.74 Å². The molecule has 1 amide bonds. The fourth-order valence-corrected chi connectivity index (χ4v) is 2.37. The van der Waals surface area contributed by atoms with Crippen molar-refractivity contribution >= 4 is 11.8 Å². The highest BCUT2D eigenvalue weighted by Gasteiger charge is 2.20. The molecule has 0 aliphatic carbocycles. The van der Waals surface area contributed by atoms with Crippen LogP contribution in [0.3, 0.4) is 0 Å². The average molecular weight is 269 g/mol. The first kappa shape index (κ1) is 16.0. The van der Waals surface area contributed by atoms with Crippen LogP contribution in [0.1, 0.15) is 52.4 Å². The van der Waals surface area contributed by atoms with Gasteiger partial charge in [0.05, 0.1) is 13.0 Å². The summed E-state index contributed by atoms with van der Waals surface area (Å²) in [7, 11) is 1.90. The number of nitrogens with zero attached hydrogens (tertiary/aromatic N) is 2. The van der Waals surface area contributed by atoms with Crippen LogP contribution in [-0.2, 0) is 9.53 Å². The third kappa shape index (κ3) is 5.62. The van der Waals surface area contributed by atoms with E-state index in [1.165, 1.54) is 0 Å². The van der Waals surface area contributed by atoms with E-state index in [-0.39, 0.29) is 5.91 Å². The van der Waals surface area contributed by atoms with E-state index in [9.17, 15) is 4.79 Å². The summed E-state index contributed by atoms with van der Waals surface area (Å²) < 4.78 is 8.09. The van der Waals surface area contributed by atoms with Gasteiger partial charge in [-0.05, 0) is 12.8 Å². The molecule has 4 heteroatoms. The fraction of sp³-hybridized carbons (Fsp3) is 0.867. The van der Waals surface area contributed by atoms with Crippen LogP contribution in [0.25, 0.3) is 0 Å². The predicted molar refractivity (Wildman–Crippen MR) is 77.6 cm³/mol. The number of carbonyl (C=O) groups is 1. The molecular formula is C15H29N2O2+. The second-order valence-electron chi connectivity index (χ2n) is 5.25. The fourth-order valence-electron chi connectivity index (χ4n) is 2.37. The van der Waals surface area contributed by atoms with Gasteiger partial charge < -0.3 is 9.64 Å². The van der Waals surface area contributed by atoms with Crippen molar-refractivity contribution in [1.29, 1.82) is 0 Å². The molecule has 0 saturated carbocycles. The van der Waals surface area contributed by atoms with Gasteiger partial charge in [-0.15, -0.1) is 0 Å². The van der Waals surface area contributed by atoms with E-state index in [0.29, 0.717) is 6.42 Å². The third-order valence-corrected chi connectivity index (χ3v) is 3.47. The first-order chi connectivity index (χ1) is 9.19. The lowest BCUT2D eigenvalue weighted by Crippen LogP contribution is -2.34. The van der Waals surface area contributed by atoms with Crippen LogP contribution in [0.2, 0.25) is 0 Å². The molecule has 19 heavy (non-hydrogen) atoms. The Morgan fingerprint density at radius 1 is 1.37 bits per heavy atom. The van der Waals surface area contributed by atoms with Gasteiger partial charge in [0.2, 0.25) is 5.91 Å². The Bertz CT molecular complexity index is 313. The highest BCUT2D eigenvalue weighted by Crippen LogP contribution is 2.04. The number of amides is 1. The molecule has 0 spiro atoms. The summed E-state index contributed by atoms with van der Waals surface area (Å²) in [5.74, 6) is 1.41. The van der Waals surface area contributed by atoms with Crippen LogP contribution >= 0.6 is 0 Å². The monoisotopic (exact) mass is 269 g/mol. The first-order valence-electron chi connectivity index (χ1n) is 7.66. The van der Waals surface area contributed by atoms with Crippen molar-refractivity contribution in [3.05, 3.63) is 0 Å². The lowest BCUT2D eigenvalue weighted by molar-refractivity contribution is -0.545. The molecule has 0 radical (unpaired) electrons. The predicted octanol–water partition coefficient (Wildman–Crippen LogP) is 2.27. The second-order valence-corrected chi connectivity index (χ2v) is 5.25. The minimum absolute atomic E-state index is 0.259. The molecule has 110 valence electrons. The molecule has 0 aromatic rings. The number of hydrogen-bond acceptors (Lipinski definition) is 2. The van der Waals surface area contributed by atoms with Crippen LogP contribution < -0.4 is 0 Å². The maximum absolute atomic E-state index is 11.7. The smallest absolute Gasteiger partial charge is 0.336 e. The topological polar surface area (TPSA) is 32.5 Å². The van der Waals surface area contributed by atoms with Gasteiger partial charge >= 0.3 is 5.90 Å². The van der Waals surface area contributed by atoms with Crippen molar-refractivity contribution in [3.63, 3.8) is 0 Å². The standard InChI is InChI=1S/C15H29N2O2/c1-4-8-14(18)16(3)10-6-11-17-12-7-13-19-15(17)9-5-2/h4-13H2,1-3H3/q+1. The quantitative estimate of drug-likeness (QED) is 0.633. The maximum Gasteiger partial charge on any atom is 0.336 e. The second kappa shape index (κ2) is 8.94. The van der Waals surface area contributed by atoms with Gasteiger partial charge in [-0.3, -0.25) is 4.79 Å². The number of rotatable bonds is 8. The van der Waals surface area contributed by atoms with Crippen molar-refractivity contribution in [2.24, 2.45) is 0 Å². The summed E-state index contributed by atoms with van der Waals surface area (Å²) in [5, 5.41) is 0. The molecule has 0 aromatic heterocycles. The zero-order valence-electron chi connectivity index (χ0n) is 12.8. The van der Waals surface area contributed by atoms with Crippen molar-refractivity contribution in [3.8, 4) is 0 Å². The van der Waals surface area contributed by atoms with E-state index < -0.39 is 0 Å². The number of ether oxygens (including phenoxy) is 1. The van der Waals surface area contributed by atoms with E-state index >= 15 is 0 Å². The molecule has 1 rings (SSSR count). The highest BCUT2D eigenvalue weighted by molar-refractivity contribution is 5.75. The largest absolute Gasteiger partial charge is 0.448 e. The minimum Gasteiger partial charge on any atom is -0.448 e. The molecule has 0 N–H and O–H groups in total. The summed E-state index contributed by atoms with van der Waals surface area (Å²) in [6.45, 7) is 8.03. The van der Waals surface area contributed by atoms with Crippen molar-refractivity contribution < 1.29 is 14.1 Å². The van der Waals surface area contributed by atoms with E-state index in [1.807, 2.05) is 18.9 Å². The van der Waals surface area contributed by atoms with Crippen molar-refractivity contribution in [2.45, 2.75) is 52.4 Å². The van der Waals surface area contributed by atoms with Crippen LogP contribution in [-0.4, -0.2) is 54.6 Å². The summed E-state index contributed by atoms with van der Waals surface area (Å²) in [6.07, 6.45) is 5.87. The van der Waals surface area contributed by atoms with Crippen LogP contribution in [0.15, 0.2) is 0 Å². The Labute approximate surface area is 117 Å². The third-order valence-electron chi connectivity index (χ3n) is 3.47. The van der Waals surface area contributed by atoms with Crippen LogP contribution in [0, 0.1) is 0 Å². The molecule has 1 aliphatic rings. The van der Waals surface area contributed by atoms with E-state index in [2.05, 4.69) is 11.5 Å². The maximum atomic E-state index is 11.7. The SMILES string of the molecule is CCCC(=O)N(C)CCC[N+]1=C(CCC)OCCC1. The Balaban J connectivity index is 2.36. The summed E-state index contributed by atoms with van der Waals surface area (Å²) in [6, 6.07) is 0. The molecule has 0 fully saturated rings. The Kier molecular flexibility index (Phi) is 7.53. The summed E-state index contributed by atoms with van der Waals surface area (Å²) in [4.78, 5) is 13.5. The molecule has 4 nitrogen and oxygen atoms in total. The van der Waals surface area contributed by atoms with Crippen LogP contribution in [0.4, 0.5) is 0 Å². The van der Waals surface area contributed by atoms with Gasteiger partial charge in [-0.1, -0.05) is 13.8 Å². The molecular weight excluding hydrogens is 240 g/mol. The Morgan fingerprint density at radius 2 is 2.16 bits per heavy atom. The number of hydrogen-bond donors (Lipinski definition) is 0. The Hall–Kier alpha value is -1.06. The lowest BCUT2D eigenvalue weighted by atomic mass is 10.2. The lowest BCUT2D eigenvalue weighted by Gasteiger charge is -2.18. The van der Waals surface area contributed by atoms with Crippen molar-refractivity contribution in [1.82, 2.24) is 4.90 Å². The zero-order valence-corrected chi connectivity index (χ0v) is 12.8. The molecule has 0 aromatic carbocycles. The first-order valence-corrected chi connectivity index (χ1v) is 7.66. The van der Waals surface area contributed by atoms with Gasteiger partial charge in [0, 0.05) is 32.9 Å². The molecule has 0 unspecified atom stereocenters. The van der Waals surface area contributed by atoms with Gasteiger partial charge in [-0.2, -0.15) is 0 Å². The van der Waals surface area contributed by atoms with Crippen molar-refractivity contribution in [2.75, 3.05) is 33.3 Å². The van der Waals surface area contributed by atoms with Gasteiger partial charge in [-0.25, -0.2) is 4.58 Å². The van der Waals surface area contributed by atoms with Crippen LogP contribution in [0.5, 0.6) is 0 Å². The molecule has 1 heterocycles. The zero-order chi connectivity index (χ0) is 14.1. The summed E-state index contributed by atoms with van der Waals surface area (Å²) in [5.41, 5.74) is 0. The highest BCUT2D eigenvalue weighted by atomic mass is 16.5. The normalized spacial score (nSPS) is 15.3. The van der Waals surface area contributed by atoms with Gasteiger partial charge in [0.25, 0.3) is 0 Å². The molecule has 0 bridgehead atoms. The Morgan fingerprint density at radius 3 is 2.84 bits per heavy atom. The average Bonchev–Trinajstić information content (AvgIpc) is 2.41. The summed E-state index contributed by atoms with van der Waals surface area (Å²) >= 11 is 0. The molecule has 0 saturated heterocycles. The van der Waals surface area contributed by atoms with E-state index in [0.717, 1.165) is 64.2 Å². The molecule has 0 atom stereocenters. The number of carbonyl (C=O) groups excluding carboxylic acids is 1. The molecule has 1 aliphatic heterocycles. The van der Waals surface area contributed by atoms with E-state index in [1.54, 1.807) is 0 Å². The minimum atomic E-state index is 0.259.